The lowest BCUT2D eigenvalue weighted by atomic mass is 9.84. The largest absolute Gasteiger partial charge is 0.345 e. The average Bonchev–Trinajstić information content (AvgIpc) is 2.60. The van der Waals surface area contributed by atoms with Gasteiger partial charge in [0.25, 0.3) is 5.79 Å². The Morgan fingerprint density at radius 1 is 0.773 bits per heavy atom. The second kappa shape index (κ2) is 5.48. The molecule has 0 aliphatic heterocycles. The minimum Gasteiger partial charge on any atom is -0.345 e. The third-order valence-electron chi connectivity index (χ3n) is 4.43. The molecule has 0 N–H and O–H groups in total. The molecule has 4 heteroatoms. The van der Waals surface area contributed by atoms with Gasteiger partial charge in [0.2, 0.25) is 5.79 Å². The van der Waals surface area contributed by atoms with E-state index in [4.69, 9.17) is 18.9 Å². The molecule has 3 rings (SSSR count). The maximum absolute atomic E-state index is 5.78. The summed E-state index contributed by atoms with van der Waals surface area (Å²) in [5.74, 6) is -2.32. The predicted molar refractivity (Wildman–Crippen MR) is 85.4 cm³/mol. The zero-order valence-corrected chi connectivity index (χ0v) is 13.3. The summed E-state index contributed by atoms with van der Waals surface area (Å²) in [5, 5.41) is 2.30. The molecule has 0 heterocycles. The monoisotopic (exact) mass is 300 g/mol. The van der Waals surface area contributed by atoms with Gasteiger partial charge in [-0.1, -0.05) is 42.5 Å². The van der Waals surface area contributed by atoms with E-state index in [0.29, 0.717) is 0 Å². The highest BCUT2D eigenvalue weighted by Crippen LogP contribution is 2.47. The highest BCUT2D eigenvalue weighted by Gasteiger charge is 2.57. The van der Waals surface area contributed by atoms with E-state index in [1.807, 2.05) is 30.4 Å². The van der Waals surface area contributed by atoms with E-state index in [-0.39, 0.29) is 0 Å². The number of hydrogen-bond acceptors (Lipinski definition) is 4. The predicted octanol–water partition coefficient (Wildman–Crippen LogP) is 3.30. The lowest BCUT2D eigenvalue weighted by molar-refractivity contribution is -0.376. The number of ether oxygens (including phenoxy) is 4. The van der Waals surface area contributed by atoms with Crippen LogP contribution in [-0.2, 0) is 24.7 Å². The molecule has 0 bridgehead atoms. The molecule has 0 saturated heterocycles. The van der Waals surface area contributed by atoms with Crippen LogP contribution in [0.2, 0.25) is 0 Å². The van der Waals surface area contributed by atoms with Crippen molar-refractivity contribution in [1.29, 1.82) is 0 Å². The molecule has 2 aromatic carbocycles. The molecule has 4 nitrogen and oxygen atoms in total. The molecule has 0 aromatic heterocycles. The third kappa shape index (κ3) is 1.79. The van der Waals surface area contributed by atoms with E-state index in [0.717, 1.165) is 21.9 Å². The van der Waals surface area contributed by atoms with Gasteiger partial charge >= 0.3 is 0 Å². The van der Waals surface area contributed by atoms with E-state index in [9.17, 15) is 0 Å². The summed E-state index contributed by atoms with van der Waals surface area (Å²) in [7, 11) is 6.34. The standard InChI is InChI=1S/C18H20O4/c1-19-17(20-2)12-11-15-14-8-6-5-7-13(14)9-10-16(15)18(17,21-3)22-4/h5-12H,1-4H3. The maximum Gasteiger partial charge on any atom is 0.255 e. The van der Waals surface area contributed by atoms with E-state index in [1.54, 1.807) is 28.4 Å². The van der Waals surface area contributed by atoms with E-state index >= 15 is 0 Å². The van der Waals surface area contributed by atoms with Gasteiger partial charge in [-0.05, 0) is 22.4 Å². The van der Waals surface area contributed by atoms with Crippen molar-refractivity contribution in [2.75, 3.05) is 28.4 Å². The highest BCUT2D eigenvalue weighted by atomic mass is 16.8. The van der Waals surface area contributed by atoms with Crippen LogP contribution < -0.4 is 0 Å². The van der Waals surface area contributed by atoms with Crippen molar-refractivity contribution in [2.45, 2.75) is 11.6 Å². The molecule has 116 valence electrons. The van der Waals surface area contributed by atoms with Crippen molar-refractivity contribution in [3.63, 3.8) is 0 Å². The van der Waals surface area contributed by atoms with Crippen molar-refractivity contribution < 1.29 is 18.9 Å². The van der Waals surface area contributed by atoms with Gasteiger partial charge in [-0.2, -0.15) is 0 Å². The van der Waals surface area contributed by atoms with Gasteiger partial charge in [-0.25, -0.2) is 0 Å². The summed E-state index contributed by atoms with van der Waals surface area (Å²) in [5.41, 5.74) is 1.92. The number of fused-ring (bicyclic) bond motifs is 3. The maximum atomic E-state index is 5.78. The summed E-state index contributed by atoms with van der Waals surface area (Å²) in [6.07, 6.45) is 3.84. The number of benzene rings is 2. The highest BCUT2D eigenvalue weighted by molar-refractivity contribution is 5.93. The van der Waals surface area contributed by atoms with Gasteiger partial charge in [0, 0.05) is 34.0 Å². The molecule has 22 heavy (non-hydrogen) atoms. The van der Waals surface area contributed by atoms with E-state index < -0.39 is 11.6 Å². The van der Waals surface area contributed by atoms with Crippen LogP contribution in [0.4, 0.5) is 0 Å². The van der Waals surface area contributed by atoms with Crippen LogP contribution >= 0.6 is 0 Å². The number of methoxy groups -OCH3 is 4. The lowest BCUT2D eigenvalue weighted by Gasteiger charge is -2.47. The lowest BCUT2D eigenvalue weighted by Crippen LogP contribution is -2.57. The first-order chi connectivity index (χ1) is 10.7. The Balaban J connectivity index is 2.36. The molecule has 2 aromatic rings. The van der Waals surface area contributed by atoms with Gasteiger partial charge < -0.3 is 18.9 Å². The SMILES string of the molecule is COC1(OC)C=Cc2c(ccc3ccccc23)C1(OC)OC. The van der Waals surface area contributed by atoms with Crippen LogP contribution in [0.1, 0.15) is 11.1 Å². The van der Waals surface area contributed by atoms with Crippen LogP contribution in [0.15, 0.2) is 42.5 Å². The van der Waals surface area contributed by atoms with Crippen LogP contribution in [-0.4, -0.2) is 34.2 Å². The van der Waals surface area contributed by atoms with Crippen LogP contribution in [0.3, 0.4) is 0 Å². The van der Waals surface area contributed by atoms with Crippen molar-refractivity contribution >= 4 is 16.8 Å². The Labute approximate surface area is 130 Å². The fourth-order valence-corrected chi connectivity index (χ4v) is 3.33. The Morgan fingerprint density at radius 2 is 1.45 bits per heavy atom. The summed E-state index contributed by atoms with van der Waals surface area (Å²) in [6, 6.07) is 12.3. The summed E-state index contributed by atoms with van der Waals surface area (Å²) < 4.78 is 22.8. The van der Waals surface area contributed by atoms with Crippen molar-refractivity contribution in [3.8, 4) is 0 Å². The van der Waals surface area contributed by atoms with Gasteiger partial charge in [-0.15, -0.1) is 0 Å². The van der Waals surface area contributed by atoms with E-state index in [1.165, 1.54) is 0 Å². The van der Waals surface area contributed by atoms with Crippen LogP contribution in [0, 0.1) is 0 Å². The normalized spacial score (nSPS) is 18.4. The van der Waals surface area contributed by atoms with Crippen molar-refractivity contribution in [3.05, 3.63) is 53.6 Å². The average molecular weight is 300 g/mol. The quantitative estimate of drug-likeness (QED) is 0.812. The second-order valence-electron chi connectivity index (χ2n) is 5.18. The molecule has 0 radical (unpaired) electrons. The molecule has 0 spiro atoms. The smallest absolute Gasteiger partial charge is 0.255 e. The second-order valence-corrected chi connectivity index (χ2v) is 5.18. The fourth-order valence-electron chi connectivity index (χ4n) is 3.33. The summed E-state index contributed by atoms with van der Waals surface area (Å²) in [4.78, 5) is 0. The fraction of sp³-hybridized carbons (Fsp3) is 0.333. The zero-order valence-electron chi connectivity index (χ0n) is 13.3. The molecular weight excluding hydrogens is 280 g/mol. The Hall–Kier alpha value is -1.72. The van der Waals surface area contributed by atoms with Gasteiger partial charge in [0.1, 0.15) is 0 Å². The number of rotatable bonds is 4. The topological polar surface area (TPSA) is 36.9 Å². The van der Waals surface area contributed by atoms with Crippen molar-refractivity contribution in [1.82, 2.24) is 0 Å². The Kier molecular flexibility index (Phi) is 3.78. The first-order valence-corrected chi connectivity index (χ1v) is 7.10. The van der Waals surface area contributed by atoms with Crippen molar-refractivity contribution in [2.24, 2.45) is 0 Å². The van der Waals surface area contributed by atoms with Gasteiger partial charge in [0.15, 0.2) is 0 Å². The molecule has 0 atom stereocenters. The molecule has 0 amide bonds. The zero-order chi connectivity index (χ0) is 15.8. The Bertz CT molecular complexity index is 712. The third-order valence-corrected chi connectivity index (χ3v) is 4.43. The van der Waals surface area contributed by atoms with Crippen LogP contribution in [0.25, 0.3) is 16.8 Å². The summed E-state index contributed by atoms with van der Waals surface area (Å²) in [6.45, 7) is 0. The molecule has 0 unspecified atom stereocenters. The molecular formula is C18H20O4. The minimum absolute atomic E-state index is 0.877. The Morgan fingerprint density at radius 3 is 2.09 bits per heavy atom. The summed E-state index contributed by atoms with van der Waals surface area (Å²) >= 11 is 0. The van der Waals surface area contributed by atoms with Crippen LogP contribution in [0.5, 0.6) is 0 Å². The molecule has 1 aliphatic rings. The number of hydrogen-bond donors (Lipinski definition) is 0. The molecule has 0 fully saturated rings. The van der Waals surface area contributed by atoms with Gasteiger partial charge in [0.05, 0.1) is 0 Å². The molecule has 0 saturated carbocycles. The minimum atomic E-state index is -1.18. The molecule has 1 aliphatic carbocycles. The first-order valence-electron chi connectivity index (χ1n) is 7.10. The van der Waals surface area contributed by atoms with E-state index in [2.05, 4.69) is 18.2 Å². The first kappa shape index (κ1) is 15.2. The van der Waals surface area contributed by atoms with Gasteiger partial charge in [-0.3, -0.25) is 0 Å².